The number of hydrogen-bond donors (Lipinski definition) is 1. The molecule has 0 aliphatic rings. The van der Waals surface area contributed by atoms with E-state index in [0.29, 0.717) is 13.0 Å². The molecule has 1 radical (unpaired) electrons. The second kappa shape index (κ2) is 5.23. The fourth-order valence-electron chi connectivity index (χ4n) is 0.504. The van der Waals surface area contributed by atoms with Crippen LogP contribution in [0.5, 0.6) is 0 Å². The molecule has 10 heavy (non-hydrogen) atoms. The summed E-state index contributed by atoms with van der Waals surface area (Å²) in [6.45, 7) is 3.89. The monoisotopic (exact) mass is 145 g/mol. The van der Waals surface area contributed by atoms with Crippen LogP contribution in [0.3, 0.4) is 0 Å². The zero-order valence-corrected chi connectivity index (χ0v) is 6.39. The zero-order valence-electron chi connectivity index (χ0n) is 6.39. The number of ether oxygens (including phenoxy) is 1. The molecule has 0 heterocycles. The van der Waals surface area contributed by atoms with Crippen molar-refractivity contribution >= 4 is 5.97 Å². The molecule has 3 nitrogen and oxygen atoms in total. The maximum Gasteiger partial charge on any atom is 0.308 e. The molecule has 0 aromatic rings. The van der Waals surface area contributed by atoms with E-state index in [1.807, 2.05) is 0 Å². The number of carbonyl (C=O) groups excluding carboxylic acids is 1. The highest BCUT2D eigenvalue weighted by Gasteiger charge is 2.09. The van der Waals surface area contributed by atoms with Gasteiger partial charge < -0.3 is 9.84 Å². The average Bonchev–Trinajstić information content (AvgIpc) is 1.88. The van der Waals surface area contributed by atoms with E-state index in [9.17, 15) is 4.79 Å². The average molecular weight is 145 g/mol. The van der Waals surface area contributed by atoms with Crippen LogP contribution in [-0.2, 0) is 9.53 Å². The lowest BCUT2D eigenvalue weighted by atomic mass is 10.2. The molecule has 0 aromatic carbocycles. The van der Waals surface area contributed by atoms with Crippen molar-refractivity contribution in [1.82, 2.24) is 0 Å². The first-order valence-electron chi connectivity index (χ1n) is 3.40. The van der Waals surface area contributed by atoms with E-state index < -0.39 is 0 Å². The lowest BCUT2D eigenvalue weighted by molar-refractivity contribution is -0.143. The largest absolute Gasteiger partial charge is 0.466 e. The molecular formula is C7H13O3. The van der Waals surface area contributed by atoms with Gasteiger partial charge in [-0.3, -0.25) is 4.79 Å². The molecule has 0 atom stereocenters. The fourth-order valence-corrected chi connectivity index (χ4v) is 0.504. The molecule has 0 fully saturated rings. The van der Waals surface area contributed by atoms with Crippen molar-refractivity contribution < 1.29 is 14.6 Å². The fraction of sp³-hybridized carbons (Fsp3) is 0.714. The van der Waals surface area contributed by atoms with Crippen molar-refractivity contribution in [1.29, 1.82) is 0 Å². The number of hydrogen-bond acceptors (Lipinski definition) is 3. The van der Waals surface area contributed by atoms with E-state index in [4.69, 9.17) is 5.11 Å². The summed E-state index contributed by atoms with van der Waals surface area (Å²) in [5.41, 5.74) is 0. The third kappa shape index (κ3) is 4.32. The van der Waals surface area contributed by atoms with Crippen LogP contribution < -0.4 is 0 Å². The van der Waals surface area contributed by atoms with E-state index in [1.165, 1.54) is 0 Å². The van der Waals surface area contributed by atoms with Gasteiger partial charge in [-0.15, -0.1) is 0 Å². The molecule has 3 heteroatoms. The van der Waals surface area contributed by atoms with Crippen molar-refractivity contribution in [3.63, 3.8) is 0 Å². The van der Waals surface area contributed by atoms with Gasteiger partial charge in [0.15, 0.2) is 0 Å². The van der Waals surface area contributed by atoms with Gasteiger partial charge >= 0.3 is 5.97 Å². The van der Waals surface area contributed by atoms with E-state index in [2.05, 4.69) is 4.74 Å². The molecule has 0 rings (SSSR count). The Morgan fingerprint density at radius 3 is 2.50 bits per heavy atom. The van der Waals surface area contributed by atoms with Gasteiger partial charge in [0, 0.05) is 0 Å². The molecule has 0 saturated carbocycles. The van der Waals surface area contributed by atoms with Crippen LogP contribution >= 0.6 is 0 Å². The molecule has 59 valence electrons. The van der Waals surface area contributed by atoms with Crippen molar-refractivity contribution in [2.24, 2.45) is 0 Å². The second-order valence-electron chi connectivity index (χ2n) is 1.90. The lowest BCUT2D eigenvalue weighted by Crippen LogP contribution is -2.08. The number of esters is 1. The van der Waals surface area contributed by atoms with E-state index in [1.54, 1.807) is 13.8 Å². The highest BCUT2D eigenvalue weighted by molar-refractivity contribution is 5.71. The maximum atomic E-state index is 10.6. The van der Waals surface area contributed by atoms with Crippen molar-refractivity contribution in [3.8, 4) is 0 Å². The number of aliphatic hydroxyl groups excluding tert-OH is 1. The quantitative estimate of drug-likeness (QED) is 0.605. The topological polar surface area (TPSA) is 46.5 Å². The highest BCUT2D eigenvalue weighted by atomic mass is 16.5. The van der Waals surface area contributed by atoms with Gasteiger partial charge in [-0.1, -0.05) is 6.92 Å². The van der Waals surface area contributed by atoms with Crippen LogP contribution in [-0.4, -0.2) is 17.7 Å². The first kappa shape index (κ1) is 9.43. The summed E-state index contributed by atoms with van der Waals surface area (Å²) < 4.78 is 4.59. The molecular weight excluding hydrogens is 132 g/mol. The summed E-state index contributed by atoms with van der Waals surface area (Å²) in [4.78, 5) is 10.6. The third-order valence-electron chi connectivity index (χ3n) is 1.06. The van der Waals surface area contributed by atoms with Gasteiger partial charge in [-0.05, 0) is 13.3 Å². The number of rotatable bonds is 4. The molecule has 0 amide bonds. The van der Waals surface area contributed by atoms with Crippen molar-refractivity contribution in [2.75, 3.05) is 6.61 Å². The summed E-state index contributed by atoms with van der Waals surface area (Å²) in [5.74, 6) is -0.359. The SMILES string of the molecule is CCOC(=O)C[C](O)CC. The van der Waals surface area contributed by atoms with Crippen LogP contribution in [0.4, 0.5) is 0 Å². The molecule has 0 aliphatic carbocycles. The van der Waals surface area contributed by atoms with Gasteiger partial charge in [-0.2, -0.15) is 0 Å². The Morgan fingerprint density at radius 2 is 2.10 bits per heavy atom. The molecule has 0 spiro atoms. The summed E-state index contributed by atoms with van der Waals surface area (Å²) >= 11 is 0. The van der Waals surface area contributed by atoms with Crippen molar-refractivity contribution in [3.05, 3.63) is 6.10 Å². The predicted molar refractivity (Wildman–Crippen MR) is 36.7 cm³/mol. The Bertz CT molecular complexity index is 101. The minimum Gasteiger partial charge on any atom is -0.466 e. The van der Waals surface area contributed by atoms with Gasteiger partial charge in [0.2, 0.25) is 0 Å². The zero-order chi connectivity index (χ0) is 7.98. The van der Waals surface area contributed by atoms with E-state index >= 15 is 0 Å². The molecule has 0 aromatic heterocycles. The standard InChI is InChI=1S/C7H13O3/c1-3-6(8)5-7(9)10-4-2/h8H,3-5H2,1-2H3. The Morgan fingerprint density at radius 1 is 1.50 bits per heavy atom. The minimum absolute atomic E-state index is 0.0321. The van der Waals surface area contributed by atoms with Gasteiger partial charge in [0.25, 0.3) is 0 Å². The smallest absolute Gasteiger partial charge is 0.308 e. The summed E-state index contributed by atoms with van der Waals surface area (Å²) in [7, 11) is 0. The van der Waals surface area contributed by atoms with Crippen LogP contribution in [0.15, 0.2) is 0 Å². The van der Waals surface area contributed by atoms with E-state index in [-0.39, 0.29) is 18.5 Å². The molecule has 0 unspecified atom stereocenters. The van der Waals surface area contributed by atoms with Crippen LogP contribution in [0.25, 0.3) is 0 Å². The number of aliphatic hydroxyl groups is 1. The summed E-state index contributed by atoms with van der Waals surface area (Å²) in [6.07, 6.45) is 0.724. The molecule has 1 N–H and O–H groups in total. The molecule has 0 bridgehead atoms. The van der Waals surface area contributed by atoms with Crippen LogP contribution in [0.1, 0.15) is 26.7 Å². The van der Waals surface area contributed by atoms with Gasteiger partial charge in [-0.25, -0.2) is 0 Å². The molecule has 0 saturated heterocycles. The Kier molecular flexibility index (Phi) is 4.94. The first-order valence-corrected chi connectivity index (χ1v) is 3.40. The second-order valence-corrected chi connectivity index (χ2v) is 1.90. The summed E-state index contributed by atoms with van der Waals surface area (Å²) in [5, 5.41) is 8.87. The Hall–Kier alpha value is -0.570. The first-order chi connectivity index (χ1) is 4.70. The lowest BCUT2D eigenvalue weighted by Gasteiger charge is -2.04. The third-order valence-corrected chi connectivity index (χ3v) is 1.06. The predicted octanol–water partition coefficient (Wildman–Crippen LogP) is 1.25. The van der Waals surface area contributed by atoms with Crippen molar-refractivity contribution in [2.45, 2.75) is 26.7 Å². The molecule has 0 aliphatic heterocycles. The van der Waals surface area contributed by atoms with Crippen LogP contribution in [0, 0.1) is 6.10 Å². The van der Waals surface area contributed by atoms with Crippen LogP contribution in [0.2, 0.25) is 0 Å². The van der Waals surface area contributed by atoms with Gasteiger partial charge in [0.05, 0.1) is 13.0 Å². The summed E-state index contributed by atoms with van der Waals surface area (Å²) in [6, 6.07) is 0. The number of carbonyl (C=O) groups is 1. The minimum atomic E-state index is -0.359. The maximum absolute atomic E-state index is 10.6. The normalized spacial score (nSPS) is 10.0. The van der Waals surface area contributed by atoms with E-state index in [0.717, 1.165) is 0 Å². The highest BCUT2D eigenvalue weighted by Crippen LogP contribution is 2.06. The Balaban J connectivity index is 3.37. The Labute approximate surface area is 61.0 Å². The van der Waals surface area contributed by atoms with Gasteiger partial charge in [0.1, 0.15) is 6.10 Å².